The van der Waals surface area contributed by atoms with Crippen molar-refractivity contribution < 1.29 is 4.79 Å². The summed E-state index contributed by atoms with van der Waals surface area (Å²) in [5, 5.41) is 13.5. The van der Waals surface area contributed by atoms with Crippen LogP contribution in [0, 0.1) is 6.92 Å². The van der Waals surface area contributed by atoms with E-state index in [1.807, 2.05) is 35.2 Å². The average Bonchev–Trinajstić information content (AvgIpc) is 3.41. The lowest BCUT2D eigenvalue weighted by molar-refractivity contribution is 0.102. The van der Waals surface area contributed by atoms with Crippen molar-refractivity contribution in [2.45, 2.75) is 13.5 Å². The summed E-state index contributed by atoms with van der Waals surface area (Å²) >= 11 is 12.6. The zero-order valence-corrected chi connectivity index (χ0v) is 19.4. The number of benzene rings is 1. The Kier molecular flexibility index (Phi) is 5.02. The van der Waals surface area contributed by atoms with Gasteiger partial charge in [0.2, 0.25) is 0 Å². The van der Waals surface area contributed by atoms with E-state index < -0.39 is 0 Å². The van der Waals surface area contributed by atoms with Crippen LogP contribution in [0.25, 0.3) is 21.1 Å². The van der Waals surface area contributed by atoms with Crippen LogP contribution in [0.1, 0.15) is 21.1 Å². The lowest BCUT2D eigenvalue weighted by atomic mass is 10.2. The summed E-state index contributed by atoms with van der Waals surface area (Å²) in [5.74, 6) is -0.265. The number of thiazole rings is 1. The van der Waals surface area contributed by atoms with Crippen LogP contribution >= 0.6 is 50.2 Å². The highest BCUT2D eigenvalue weighted by Crippen LogP contribution is 2.33. The molecular weight excluding hydrogens is 508 g/mol. The number of halogens is 2. The van der Waals surface area contributed by atoms with Crippen molar-refractivity contribution in [1.29, 1.82) is 0 Å². The van der Waals surface area contributed by atoms with Gasteiger partial charge in [-0.3, -0.25) is 9.48 Å². The molecule has 0 aliphatic rings. The van der Waals surface area contributed by atoms with Gasteiger partial charge in [-0.25, -0.2) is 15.0 Å². The molecule has 0 unspecified atom stereocenters. The van der Waals surface area contributed by atoms with Gasteiger partial charge in [0.25, 0.3) is 5.91 Å². The number of thiophene rings is 1. The molecule has 5 rings (SSSR count). The van der Waals surface area contributed by atoms with Crippen LogP contribution in [0.3, 0.4) is 0 Å². The molecular formula is C19H12BrClN6OS2. The molecule has 0 saturated heterocycles. The van der Waals surface area contributed by atoms with Gasteiger partial charge < -0.3 is 5.32 Å². The van der Waals surface area contributed by atoms with E-state index in [1.54, 1.807) is 16.7 Å². The maximum atomic E-state index is 13.0. The maximum Gasteiger partial charge on any atom is 0.258 e. The van der Waals surface area contributed by atoms with E-state index in [2.05, 4.69) is 41.3 Å². The summed E-state index contributed by atoms with van der Waals surface area (Å²) in [6.45, 7) is 2.53. The molecule has 4 aromatic heterocycles. The van der Waals surface area contributed by atoms with E-state index in [4.69, 9.17) is 11.6 Å². The molecule has 11 heteroatoms. The highest BCUT2D eigenvalue weighted by molar-refractivity contribution is 9.10. The largest absolute Gasteiger partial charge is 0.321 e. The predicted octanol–water partition coefficient (Wildman–Crippen LogP) is 5.52. The van der Waals surface area contributed by atoms with Crippen LogP contribution in [0.5, 0.6) is 0 Å². The molecule has 0 atom stereocenters. The first-order valence-corrected chi connectivity index (χ1v) is 11.7. The Morgan fingerprint density at radius 1 is 1.27 bits per heavy atom. The van der Waals surface area contributed by atoms with Crippen LogP contribution in [0.2, 0.25) is 5.15 Å². The van der Waals surface area contributed by atoms with Crippen molar-refractivity contribution in [3.05, 3.63) is 61.3 Å². The van der Waals surface area contributed by atoms with Crippen molar-refractivity contribution >= 4 is 82.9 Å². The zero-order valence-electron chi connectivity index (χ0n) is 15.4. The van der Waals surface area contributed by atoms with Crippen LogP contribution in [-0.2, 0) is 6.54 Å². The molecule has 0 bridgehead atoms. The minimum atomic E-state index is -0.265. The number of hydrogen-bond donors (Lipinski definition) is 1. The molecule has 0 saturated carbocycles. The van der Waals surface area contributed by atoms with Gasteiger partial charge in [-0.1, -0.05) is 17.7 Å². The number of anilines is 1. The molecule has 5 aromatic rings. The maximum absolute atomic E-state index is 13.0. The van der Waals surface area contributed by atoms with Crippen molar-refractivity contribution in [2.24, 2.45) is 0 Å². The lowest BCUT2D eigenvalue weighted by Gasteiger charge is -2.07. The Bertz CT molecular complexity index is 1430. The molecule has 0 fully saturated rings. The van der Waals surface area contributed by atoms with Gasteiger partial charge in [0.1, 0.15) is 21.1 Å². The second kappa shape index (κ2) is 7.69. The molecule has 7 nitrogen and oxygen atoms in total. The normalized spacial score (nSPS) is 11.4. The topological polar surface area (TPSA) is 85.6 Å². The number of aryl methyl sites for hydroxylation is 1. The minimum absolute atomic E-state index is 0.265. The van der Waals surface area contributed by atoms with Gasteiger partial charge in [0, 0.05) is 16.5 Å². The zero-order chi connectivity index (χ0) is 20.8. The predicted molar refractivity (Wildman–Crippen MR) is 124 cm³/mol. The second-order valence-electron chi connectivity index (χ2n) is 6.48. The van der Waals surface area contributed by atoms with Gasteiger partial charge in [-0.15, -0.1) is 22.7 Å². The number of aromatic nitrogens is 5. The second-order valence-corrected chi connectivity index (χ2v) is 9.41. The molecule has 1 N–H and O–H groups in total. The van der Waals surface area contributed by atoms with Gasteiger partial charge in [-0.2, -0.15) is 5.10 Å². The smallest absolute Gasteiger partial charge is 0.258 e. The molecule has 0 radical (unpaired) electrons. The first kappa shape index (κ1) is 19.6. The molecule has 1 aromatic carbocycles. The van der Waals surface area contributed by atoms with Crippen LogP contribution < -0.4 is 5.32 Å². The minimum Gasteiger partial charge on any atom is -0.321 e. The molecule has 4 heterocycles. The fourth-order valence-corrected chi connectivity index (χ4v) is 5.69. The average molecular weight is 520 g/mol. The Morgan fingerprint density at radius 2 is 2.13 bits per heavy atom. The molecule has 150 valence electrons. The van der Waals surface area contributed by atoms with Gasteiger partial charge in [0.15, 0.2) is 0 Å². The standard InChI is InChI=1S/C19H12BrClN6OS2/c1-9-6-29-13(24-9)5-27-12-4-2-3-11(14(12)17(20)26-27)25-19(28)10-7-30-16-15(10)22-8-23-18(16)21/h2-4,6-8H,5H2,1H3,(H,25,28). The molecule has 0 spiro atoms. The van der Waals surface area contributed by atoms with Gasteiger partial charge in [-0.05, 0) is 35.0 Å². The summed E-state index contributed by atoms with van der Waals surface area (Å²) in [5.41, 5.74) is 3.54. The summed E-state index contributed by atoms with van der Waals surface area (Å²) in [4.78, 5) is 25.7. The third-order valence-electron chi connectivity index (χ3n) is 4.49. The molecule has 1 amide bonds. The van der Waals surface area contributed by atoms with Gasteiger partial charge >= 0.3 is 0 Å². The van der Waals surface area contributed by atoms with Gasteiger partial charge in [0.05, 0.1) is 38.9 Å². The van der Waals surface area contributed by atoms with Crippen molar-refractivity contribution in [1.82, 2.24) is 24.7 Å². The Labute approximate surface area is 191 Å². The fraction of sp³-hybridized carbons (Fsp3) is 0.105. The number of hydrogen-bond acceptors (Lipinski definition) is 7. The quantitative estimate of drug-likeness (QED) is 0.316. The monoisotopic (exact) mass is 518 g/mol. The van der Waals surface area contributed by atoms with Crippen molar-refractivity contribution in [3.8, 4) is 0 Å². The number of fused-ring (bicyclic) bond motifs is 2. The van der Waals surface area contributed by atoms with Crippen LogP contribution in [0.4, 0.5) is 5.69 Å². The third kappa shape index (κ3) is 3.39. The fourth-order valence-electron chi connectivity index (χ4n) is 3.18. The Hall–Kier alpha value is -2.40. The van der Waals surface area contributed by atoms with E-state index in [-0.39, 0.29) is 5.91 Å². The molecule has 30 heavy (non-hydrogen) atoms. The summed E-state index contributed by atoms with van der Waals surface area (Å²) in [7, 11) is 0. The third-order valence-corrected chi connectivity index (χ3v) is 7.37. The van der Waals surface area contributed by atoms with E-state index in [0.29, 0.717) is 37.8 Å². The van der Waals surface area contributed by atoms with Crippen LogP contribution in [-0.4, -0.2) is 30.6 Å². The van der Waals surface area contributed by atoms with Crippen LogP contribution in [0.15, 0.2) is 39.9 Å². The summed E-state index contributed by atoms with van der Waals surface area (Å²) in [6, 6.07) is 5.71. The number of carbonyl (C=O) groups is 1. The number of rotatable bonds is 4. The molecule has 0 aliphatic heterocycles. The first-order valence-electron chi connectivity index (χ1n) is 8.76. The number of amides is 1. The molecule has 0 aliphatic carbocycles. The highest BCUT2D eigenvalue weighted by Gasteiger charge is 2.19. The van der Waals surface area contributed by atoms with Crippen molar-refractivity contribution in [3.63, 3.8) is 0 Å². The summed E-state index contributed by atoms with van der Waals surface area (Å²) < 4.78 is 3.22. The SMILES string of the molecule is Cc1csc(Cn2nc(Br)c3c(NC(=O)c4csc5c(Cl)ncnc45)cccc32)n1. The lowest BCUT2D eigenvalue weighted by Crippen LogP contribution is -2.12. The first-order chi connectivity index (χ1) is 14.5. The highest BCUT2D eigenvalue weighted by atomic mass is 79.9. The van der Waals surface area contributed by atoms with E-state index in [0.717, 1.165) is 21.6 Å². The Balaban J connectivity index is 1.51. The van der Waals surface area contributed by atoms with E-state index >= 15 is 0 Å². The Morgan fingerprint density at radius 3 is 2.93 bits per heavy atom. The van der Waals surface area contributed by atoms with E-state index in [9.17, 15) is 4.79 Å². The van der Waals surface area contributed by atoms with Crippen molar-refractivity contribution in [2.75, 3.05) is 5.32 Å². The summed E-state index contributed by atoms with van der Waals surface area (Å²) in [6.07, 6.45) is 1.36. The number of carbonyl (C=O) groups excluding carboxylic acids is 1. The number of nitrogens with zero attached hydrogens (tertiary/aromatic N) is 5. The number of nitrogens with one attached hydrogen (secondary N) is 1. The van der Waals surface area contributed by atoms with E-state index in [1.165, 1.54) is 17.7 Å².